The largest absolute Gasteiger partial charge is 0.287 e. The molecule has 24 heavy (non-hydrogen) atoms. The van der Waals surface area contributed by atoms with Crippen molar-refractivity contribution in [3.05, 3.63) is 0 Å². The molecule has 1 N–H and O–H groups in total. The Balaban J connectivity index is 6.55. The van der Waals surface area contributed by atoms with Gasteiger partial charge in [-0.15, -0.1) is 0 Å². The Morgan fingerprint density at radius 2 is 1.38 bits per heavy atom. The maximum absolute atomic E-state index is 15.1. The minimum Gasteiger partial charge on any atom is -0.285 e. The van der Waals surface area contributed by atoms with Gasteiger partial charge in [0.2, 0.25) is 10.0 Å². The minimum absolute atomic E-state index is 0.510. The zero-order chi connectivity index (χ0) is 19.7. The van der Waals surface area contributed by atoms with E-state index in [1.165, 1.54) is 6.92 Å². The molecular formula is C14H29F2NO5S2. The second-order valence-electron chi connectivity index (χ2n) is 6.64. The average molecular weight is 394 g/mol. The van der Waals surface area contributed by atoms with Crippen LogP contribution in [0.15, 0.2) is 0 Å². The SMILES string of the molecule is CCC(C(F)(F)C(C)(CC)S(=O)(=O)N(C(C)C)C(C)C)S(=O)(=O)O. The first-order valence-electron chi connectivity index (χ1n) is 7.89. The summed E-state index contributed by atoms with van der Waals surface area (Å²) in [5, 5.41) is -2.49. The van der Waals surface area contributed by atoms with Crippen LogP contribution in [0.4, 0.5) is 8.78 Å². The summed E-state index contributed by atoms with van der Waals surface area (Å²) in [6.07, 6.45) is -1.12. The third kappa shape index (κ3) is 3.91. The van der Waals surface area contributed by atoms with Gasteiger partial charge in [-0.05, 0) is 47.5 Å². The molecular weight excluding hydrogens is 364 g/mol. The number of hydrogen-bond acceptors (Lipinski definition) is 4. The van der Waals surface area contributed by atoms with E-state index in [1.807, 2.05) is 0 Å². The predicted octanol–water partition coefficient (Wildman–Crippen LogP) is 2.91. The van der Waals surface area contributed by atoms with E-state index in [2.05, 4.69) is 0 Å². The highest BCUT2D eigenvalue weighted by atomic mass is 32.2. The summed E-state index contributed by atoms with van der Waals surface area (Å²) >= 11 is 0. The zero-order valence-electron chi connectivity index (χ0n) is 15.2. The van der Waals surface area contributed by atoms with Crippen LogP contribution in [-0.2, 0) is 20.1 Å². The highest BCUT2D eigenvalue weighted by Gasteiger charge is 2.66. The third-order valence-electron chi connectivity index (χ3n) is 4.38. The normalized spacial score (nSPS) is 18.2. The van der Waals surface area contributed by atoms with Gasteiger partial charge in [0.1, 0.15) is 4.75 Å². The lowest BCUT2D eigenvalue weighted by atomic mass is 9.95. The fraction of sp³-hybridized carbons (Fsp3) is 1.00. The van der Waals surface area contributed by atoms with Crippen molar-refractivity contribution in [3.8, 4) is 0 Å². The van der Waals surface area contributed by atoms with Crippen LogP contribution in [-0.4, -0.2) is 53.7 Å². The molecule has 0 aliphatic rings. The lowest BCUT2D eigenvalue weighted by Crippen LogP contribution is -2.64. The molecule has 0 fully saturated rings. The van der Waals surface area contributed by atoms with Crippen LogP contribution in [0.25, 0.3) is 0 Å². The lowest BCUT2D eigenvalue weighted by molar-refractivity contribution is -0.0469. The van der Waals surface area contributed by atoms with Gasteiger partial charge in [0.05, 0.1) is 0 Å². The van der Waals surface area contributed by atoms with E-state index >= 15 is 8.78 Å². The number of alkyl halides is 2. The van der Waals surface area contributed by atoms with Crippen LogP contribution in [0.1, 0.15) is 61.3 Å². The monoisotopic (exact) mass is 393 g/mol. The van der Waals surface area contributed by atoms with Gasteiger partial charge in [-0.1, -0.05) is 13.8 Å². The standard InChI is InChI=1S/C14H29F2NO5S2/c1-8-12(23(18,19)20)14(15,16)13(7,9-2)24(21,22)17(10(3)4)11(5)6/h10-12H,8-9H2,1-7H3,(H,18,19,20). The van der Waals surface area contributed by atoms with E-state index in [0.29, 0.717) is 0 Å². The third-order valence-corrected chi connectivity index (χ3v) is 8.83. The molecule has 0 aromatic rings. The maximum Gasteiger partial charge on any atom is 0.287 e. The molecule has 0 aliphatic heterocycles. The van der Waals surface area contributed by atoms with Crippen molar-refractivity contribution in [2.45, 2.75) is 89.3 Å². The molecule has 0 radical (unpaired) electrons. The number of hydrogen-bond donors (Lipinski definition) is 1. The molecule has 0 rings (SSSR count). The second-order valence-corrected chi connectivity index (χ2v) is 10.5. The van der Waals surface area contributed by atoms with Gasteiger partial charge in [0, 0.05) is 12.1 Å². The Hall–Kier alpha value is -0.320. The number of sulfonamides is 1. The molecule has 0 saturated heterocycles. The van der Waals surface area contributed by atoms with Crippen LogP contribution in [0.5, 0.6) is 0 Å². The molecule has 146 valence electrons. The number of halogens is 2. The zero-order valence-corrected chi connectivity index (χ0v) is 16.9. The van der Waals surface area contributed by atoms with Crippen molar-refractivity contribution in [3.63, 3.8) is 0 Å². The molecule has 2 atom stereocenters. The second kappa shape index (κ2) is 7.51. The summed E-state index contributed by atoms with van der Waals surface area (Å²) in [5.74, 6) is -4.18. The van der Waals surface area contributed by atoms with Crippen molar-refractivity contribution in [2.24, 2.45) is 0 Å². The van der Waals surface area contributed by atoms with Crippen molar-refractivity contribution in [1.82, 2.24) is 4.31 Å². The summed E-state index contributed by atoms with van der Waals surface area (Å²) in [6.45, 7) is 9.52. The van der Waals surface area contributed by atoms with Crippen LogP contribution >= 0.6 is 0 Å². The lowest BCUT2D eigenvalue weighted by Gasteiger charge is -2.44. The molecule has 0 aromatic heterocycles. The van der Waals surface area contributed by atoms with Gasteiger partial charge in [-0.25, -0.2) is 17.2 Å². The van der Waals surface area contributed by atoms with Crippen LogP contribution in [0.3, 0.4) is 0 Å². The molecule has 0 aliphatic carbocycles. The van der Waals surface area contributed by atoms with Crippen LogP contribution in [0.2, 0.25) is 0 Å². The van der Waals surface area contributed by atoms with Crippen molar-refractivity contribution < 1.29 is 30.2 Å². The molecule has 10 heteroatoms. The van der Waals surface area contributed by atoms with E-state index in [0.717, 1.165) is 18.2 Å². The summed E-state index contributed by atoms with van der Waals surface area (Å²) in [6, 6.07) is -1.16. The maximum atomic E-state index is 15.1. The van der Waals surface area contributed by atoms with Gasteiger partial charge in [-0.2, -0.15) is 12.7 Å². The van der Waals surface area contributed by atoms with Crippen LogP contribution < -0.4 is 0 Å². The summed E-state index contributed by atoms with van der Waals surface area (Å²) in [5.41, 5.74) is 0. The first-order chi connectivity index (χ1) is 10.5. The Kier molecular flexibility index (Phi) is 7.41. The summed E-state index contributed by atoms with van der Waals surface area (Å²) < 4.78 is 86.5. The summed E-state index contributed by atoms with van der Waals surface area (Å²) in [7, 11) is -9.70. The molecule has 0 heterocycles. The first kappa shape index (κ1) is 23.7. The molecule has 0 saturated carbocycles. The summed E-state index contributed by atoms with van der Waals surface area (Å²) in [4.78, 5) is 0. The van der Waals surface area contributed by atoms with E-state index in [4.69, 9.17) is 0 Å². The smallest absolute Gasteiger partial charge is 0.285 e. The van der Waals surface area contributed by atoms with E-state index < -0.39 is 61.0 Å². The van der Waals surface area contributed by atoms with Gasteiger partial charge in [0.15, 0.2) is 5.25 Å². The highest BCUT2D eigenvalue weighted by Crippen LogP contribution is 2.45. The van der Waals surface area contributed by atoms with Gasteiger partial charge in [0.25, 0.3) is 16.0 Å². The molecule has 0 bridgehead atoms. The highest BCUT2D eigenvalue weighted by molar-refractivity contribution is 7.90. The van der Waals surface area contributed by atoms with E-state index in [9.17, 15) is 21.4 Å². The van der Waals surface area contributed by atoms with Crippen LogP contribution in [0, 0.1) is 0 Å². The van der Waals surface area contributed by atoms with Gasteiger partial charge >= 0.3 is 0 Å². The van der Waals surface area contributed by atoms with Crippen molar-refractivity contribution >= 4 is 20.1 Å². The number of rotatable bonds is 9. The topological polar surface area (TPSA) is 91.8 Å². The quantitative estimate of drug-likeness (QED) is 0.608. The van der Waals surface area contributed by atoms with Crippen molar-refractivity contribution in [2.75, 3.05) is 0 Å². The number of nitrogens with zero attached hydrogens (tertiary/aromatic N) is 1. The Labute approximate surface area is 144 Å². The molecule has 0 spiro atoms. The Bertz CT molecular complexity index is 624. The fourth-order valence-electron chi connectivity index (χ4n) is 2.97. The first-order valence-corrected chi connectivity index (χ1v) is 10.8. The average Bonchev–Trinajstić information content (AvgIpc) is 2.34. The molecule has 2 unspecified atom stereocenters. The van der Waals surface area contributed by atoms with E-state index in [-0.39, 0.29) is 0 Å². The minimum atomic E-state index is -5.13. The van der Waals surface area contributed by atoms with Gasteiger partial charge in [-0.3, -0.25) is 4.55 Å². The predicted molar refractivity (Wildman–Crippen MR) is 90.3 cm³/mol. The van der Waals surface area contributed by atoms with E-state index in [1.54, 1.807) is 27.7 Å². The molecule has 0 amide bonds. The molecule has 0 aromatic carbocycles. The Morgan fingerprint density at radius 1 is 1.00 bits per heavy atom. The Morgan fingerprint density at radius 3 is 1.58 bits per heavy atom. The molecule has 6 nitrogen and oxygen atoms in total. The fourth-order valence-corrected chi connectivity index (χ4v) is 6.53. The van der Waals surface area contributed by atoms with Gasteiger partial charge < -0.3 is 0 Å². The van der Waals surface area contributed by atoms with Crippen molar-refractivity contribution in [1.29, 1.82) is 0 Å².